The Morgan fingerprint density at radius 3 is 2.36 bits per heavy atom. The minimum Gasteiger partial charge on any atom is -0.456 e. The molecule has 0 aromatic carbocycles. The standard InChI is InChI=1S/C8H11ClO2/c1-4-7(9)8(5-2)11-6(3)10/h4-5,7-8H,1-2H2,3H3. The highest BCUT2D eigenvalue weighted by atomic mass is 35.5. The van der Waals surface area contributed by atoms with Crippen LogP contribution in [0.15, 0.2) is 25.3 Å². The fraction of sp³-hybridized carbons (Fsp3) is 0.375. The van der Waals surface area contributed by atoms with E-state index >= 15 is 0 Å². The molecule has 2 atom stereocenters. The van der Waals surface area contributed by atoms with Gasteiger partial charge in [-0.3, -0.25) is 4.79 Å². The summed E-state index contributed by atoms with van der Waals surface area (Å²) in [5, 5.41) is -0.406. The zero-order valence-electron chi connectivity index (χ0n) is 6.42. The van der Waals surface area contributed by atoms with Crippen molar-refractivity contribution < 1.29 is 9.53 Å². The SMILES string of the molecule is C=CC(Cl)C(C=C)OC(C)=O. The highest BCUT2D eigenvalue weighted by Crippen LogP contribution is 2.09. The van der Waals surface area contributed by atoms with Gasteiger partial charge in [0.05, 0.1) is 5.38 Å². The zero-order chi connectivity index (χ0) is 8.85. The molecular weight excluding hydrogens is 164 g/mol. The third-order valence-corrected chi connectivity index (χ3v) is 1.50. The van der Waals surface area contributed by atoms with Crippen molar-refractivity contribution >= 4 is 17.6 Å². The van der Waals surface area contributed by atoms with Crippen molar-refractivity contribution in [3.63, 3.8) is 0 Å². The second-order valence-electron chi connectivity index (χ2n) is 1.99. The molecule has 0 aliphatic heterocycles. The maximum Gasteiger partial charge on any atom is 0.303 e. The van der Waals surface area contributed by atoms with Gasteiger partial charge < -0.3 is 4.74 Å². The fourth-order valence-corrected chi connectivity index (χ4v) is 0.723. The maximum absolute atomic E-state index is 10.5. The van der Waals surface area contributed by atoms with Crippen LogP contribution >= 0.6 is 11.6 Å². The predicted molar refractivity (Wildman–Crippen MR) is 45.6 cm³/mol. The molecule has 0 rings (SSSR count). The third-order valence-electron chi connectivity index (χ3n) is 1.07. The lowest BCUT2D eigenvalue weighted by Crippen LogP contribution is -2.22. The van der Waals surface area contributed by atoms with E-state index in [-0.39, 0.29) is 5.97 Å². The molecule has 0 spiro atoms. The lowest BCUT2D eigenvalue weighted by molar-refractivity contribution is -0.143. The molecule has 11 heavy (non-hydrogen) atoms. The molecule has 0 aromatic heterocycles. The second-order valence-corrected chi connectivity index (χ2v) is 2.49. The van der Waals surface area contributed by atoms with E-state index in [1.54, 1.807) is 0 Å². The minimum atomic E-state index is -0.480. The molecule has 0 bridgehead atoms. The minimum absolute atomic E-state index is 0.373. The van der Waals surface area contributed by atoms with Crippen LogP contribution in [0.25, 0.3) is 0 Å². The van der Waals surface area contributed by atoms with Gasteiger partial charge >= 0.3 is 5.97 Å². The topological polar surface area (TPSA) is 26.3 Å². The average Bonchev–Trinajstić information content (AvgIpc) is 1.98. The van der Waals surface area contributed by atoms with E-state index < -0.39 is 11.5 Å². The summed E-state index contributed by atoms with van der Waals surface area (Å²) in [4.78, 5) is 10.5. The Hall–Kier alpha value is -0.760. The van der Waals surface area contributed by atoms with E-state index in [2.05, 4.69) is 13.2 Å². The molecule has 0 saturated heterocycles. The first-order valence-corrected chi connectivity index (χ1v) is 3.62. The van der Waals surface area contributed by atoms with Crippen LogP contribution in [0.3, 0.4) is 0 Å². The van der Waals surface area contributed by atoms with Gasteiger partial charge in [0.1, 0.15) is 6.10 Å². The van der Waals surface area contributed by atoms with Crippen molar-refractivity contribution in [2.24, 2.45) is 0 Å². The molecule has 0 amide bonds. The number of rotatable bonds is 4. The van der Waals surface area contributed by atoms with Gasteiger partial charge in [-0.2, -0.15) is 0 Å². The number of carbonyl (C=O) groups excluding carboxylic acids is 1. The number of halogens is 1. The number of esters is 1. The average molecular weight is 175 g/mol. The summed E-state index contributed by atoms with van der Waals surface area (Å²) in [5.74, 6) is -0.373. The Labute approximate surface area is 71.5 Å². The van der Waals surface area contributed by atoms with E-state index in [0.717, 1.165) is 0 Å². The quantitative estimate of drug-likeness (QED) is 0.370. The van der Waals surface area contributed by atoms with Crippen LogP contribution < -0.4 is 0 Å². The molecule has 2 nitrogen and oxygen atoms in total. The van der Waals surface area contributed by atoms with Crippen molar-refractivity contribution in [3.8, 4) is 0 Å². The van der Waals surface area contributed by atoms with Crippen LogP contribution in [0.5, 0.6) is 0 Å². The Kier molecular flexibility index (Phi) is 4.62. The molecule has 2 unspecified atom stereocenters. The Bertz CT molecular complexity index is 165. The number of carbonyl (C=O) groups is 1. The summed E-state index contributed by atoms with van der Waals surface area (Å²) in [7, 11) is 0. The molecule has 0 heterocycles. The molecule has 3 heteroatoms. The number of alkyl halides is 1. The van der Waals surface area contributed by atoms with Gasteiger partial charge in [0.25, 0.3) is 0 Å². The third kappa shape index (κ3) is 3.83. The van der Waals surface area contributed by atoms with Gasteiger partial charge in [-0.15, -0.1) is 18.2 Å². The van der Waals surface area contributed by atoms with Crippen LogP contribution in [0.4, 0.5) is 0 Å². The van der Waals surface area contributed by atoms with Crippen LogP contribution in [-0.2, 0) is 9.53 Å². The van der Waals surface area contributed by atoms with E-state index in [9.17, 15) is 4.79 Å². The Morgan fingerprint density at radius 2 is 2.09 bits per heavy atom. The first-order valence-electron chi connectivity index (χ1n) is 3.18. The summed E-state index contributed by atoms with van der Waals surface area (Å²) in [6.07, 6.45) is 2.49. The van der Waals surface area contributed by atoms with Gasteiger partial charge in [-0.1, -0.05) is 12.7 Å². The summed E-state index contributed by atoms with van der Waals surface area (Å²) < 4.78 is 4.79. The van der Waals surface area contributed by atoms with Crippen LogP contribution in [0.2, 0.25) is 0 Å². The first kappa shape index (κ1) is 10.2. The fourth-order valence-electron chi connectivity index (χ4n) is 0.569. The molecule has 0 aromatic rings. The van der Waals surface area contributed by atoms with Crippen LogP contribution in [-0.4, -0.2) is 17.5 Å². The van der Waals surface area contributed by atoms with Gasteiger partial charge in [-0.05, 0) is 6.08 Å². The second kappa shape index (κ2) is 4.97. The largest absolute Gasteiger partial charge is 0.456 e. The first-order chi connectivity index (χ1) is 5.11. The molecule has 0 saturated carbocycles. The van der Waals surface area contributed by atoms with Gasteiger partial charge in [0.15, 0.2) is 0 Å². The van der Waals surface area contributed by atoms with Crippen molar-refractivity contribution in [2.75, 3.05) is 0 Å². The van der Waals surface area contributed by atoms with Crippen molar-refractivity contribution in [1.29, 1.82) is 0 Å². The molecule has 0 aliphatic carbocycles. The van der Waals surface area contributed by atoms with E-state index in [1.165, 1.54) is 19.1 Å². The lowest BCUT2D eigenvalue weighted by Gasteiger charge is -2.14. The smallest absolute Gasteiger partial charge is 0.303 e. The number of hydrogen-bond acceptors (Lipinski definition) is 2. The lowest BCUT2D eigenvalue weighted by atomic mass is 10.2. The van der Waals surface area contributed by atoms with Crippen LogP contribution in [0.1, 0.15) is 6.92 Å². The zero-order valence-corrected chi connectivity index (χ0v) is 7.17. The maximum atomic E-state index is 10.5. The monoisotopic (exact) mass is 174 g/mol. The van der Waals surface area contributed by atoms with Gasteiger partial charge in [-0.25, -0.2) is 0 Å². The molecule has 0 aliphatic rings. The molecule has 0 radical (unpaired) electrons. The highest BCUT2D eigenvalue weighted by molar-refractivity contribution is 6.22. The van der Waals surface area contributed by atoms with Crippen molar-refractivity contribution in [1.82, 2.24) is 0 Å². The van der Waals surface area contributed by atoms with E-state index in [4.69, 9.17) is 16.3 Å². The van der Waals surface area contributed by atoms with Crippen LogP contribution in [0, 0.1) is 0 Å². The van der Waals surface area contributed by atoms with Gasteiger partial charge in [0.2, 0.25) is 0 Å². The number of hydrogen-bond donors (Lipinski definition) is 0. The molecule has 62 valence electrons. The highest BCUT2D eigenvalue weighted by Gasteiger charge is 2.14. The molecular formula is C8H11ClO2. The van der Waals surface area contributed by atoms with E-state index in [1.807, 2.05) is 0 Å². The summed E-state index contributed by atoms with van der Waals surface area (Å²) in [5.41, 5.74) is 0. The summed E-state index contributed by atoms with van der Waals surface area (Å²) in [6.45, 7) is 8.26. The molecule has 0 N–H and O–H groups in total. The van der Waals surface area contributed by atoms with Gasteiger partial charge in [0, 0.05) is 6.92 Å². The number of ether oxygens (including phenoxy) is 1. The van der Waals surface area contributed by atoms with Crippen molar-refractivity contribution in [3.05, 3.63) is 25.3 Å². The Balaban J connectivity index is 4.04. The normalized spacial score (nSPS) is 14.7. The molecule has 0 fully saturated rings. The van der Waals surface area contributed by atoms with E-state index in [0.29, 0.717) is 0 Å². The summed E-state index contributed by atoms with van der Waals surface area (Å²) in [6, 6.07) is 0. The predicted octanol–water partition coefficient (Wildman–Crippen LogP) is 1.90. The Morgan fingerprint density at radius 1 is 1.55 bits per heavy atom. The van der Waals surface area contributed by atoms with Crippen molar-refractivity contribution in [2.45, 2.75) is 18.4 Å². The summed E-state index contributed by atoms with van der Waals surface area (Å²) >= 11 is 5.71.